The van der Waals surface area contributed by atoms with Crippen LogP contribution in [0.2, 0.25) is 0 Å². The first-order chi connectivity index (χ1) is 10.2. The van der Waals surface area contributed by atoms with Crippen molar-refractivity contribution in [3.05, 3.63) is 24.3 Å². The van der Waals surface area contributed by atoms with E-state index in [1.165, 1.54) is 18.5 Å². The number of nitrogens with zero attached hydrogens (tertiary/aromatic N) is 1. The van der Waals surface area contributed by atoms with Crippen LogP contribution in [0.5, 0.6) is 0 Å². The molecule has 4 heteroatoms. The van der Waals surface area contributed by atoms with Gasteiger partial charge in [0.05, 0.1) is 5.54 Å². The zero-order chi connectivity index (χ0) is 14.7. The number of anilines is 2. The molecule has 3 rings (SSSR count). The highest BCUT2D eigenvalue weighted by Gasteiger charge is 2.39. The molecule has 21 heavy (non-hydrogen) atoms. The van der Waals surface area contributed by atoms with Crippen molar-refractivity contribution in [2.24, 2.45) is 0 Å². The smallest absolute Gasteiger partial charge is 0.244 e. The summed E-state index contributed by atoms with van der Waals surface area (Å²) in [6.45, 7) is 5.27. The van der Waals surface area contributed by atoms with Gasteiger partial charge in [-0.2, -0.15) is 0 Å². The number of hydrogen-bond donors (Lipinski definition) is 2. The Morgan fingerprint density at radius 3 is 2.81 bits per heavy atom. The summed E-state index contributed by atoms with van der Waals surface area (Å²) >= 11 is 0. The van der Waals surface area contributed by atoms with Gasteiger partial charge in [-0.3, -0.25) is 4.79 Å². The van der Waals surface area contributed by atoms with Gasteiger partial charge in [0.25, 0.3) is 0 Å². The third-order valence-electron chi connectivity index (χ3n) is 4.86. The molecular formula is C17H25N3O. The standard InChI is InChI=1S/C17H25N3O/c1-2-17(9-6-10-18-17)16(21)19-14-7-5-8-15(13-14)20-11-3-4-12-20/h5,7-8,13,18H,2-4,6,9-12H2,1H3,(H,19,21). The maximum atomic E-state index is 12.6. The second-order valence-corrected chi connectivity index (χ2v) is 6.16. The second-order valence-electron chi connectivity index (χ2n) is 6.16. The Kier molecular flexibility index (Phi) is 4.15. The monoisotopic (exact) mass is 287 g/mol. The molecule has 2 aliphatic heterocycles. The molecule has 1 aromatic rings. The normalized spacial score (nSPS) is 25.3. The lowest BCUT2D eigenvalue weighted by Gasteiger charge is -2.27. The van der Waals surface area contributed by atoms with Crippen molar-refractivity contribution in [3.8, 4) is 0 Å². The van der Waals surface area contributed by atoms with Crippen LogP contribution in [0.15, 0.2) is 24.3 Å². The van der Waals surface area contributed by atoms with Crippen LogP contribution in [-0.2, 0) is 4.79 Å². The number of rotatable bonds is 4. The molecule has 2 saturated heterocycles. The lowest BCUT2D eigenvalue weighted by molar-refractivity contribution is -0.122. The van der Waals surface area contributed by atoms with Gasteiger partial charge in [-0.15, -0.1) is 0 Å². The van der Waals surface area contributed by atoms with Crippen LogP contribution < -0.4 is 15.5 Å². The van der Waals surface area contributed by atoms with Crippen molar-refractivity contribution >= 4 is 17.3 Å². The summed E-state index contributed by atoms with van der Waals surface area (Å²) in [4.78, 5) is 15.0. The minimum absolute atomic E-state index is 0.112. The average Bonchev–Trinajstić information content (AvgIpc) is 3.20. The van der Waals surface area contributed by atoms with Crippen LogP contribution in [0.25, 0.3) is 0 Å². The minimum Gasteiger partial charge on any atom is -0.371 e. The summed E-state index contributed by atoms with van der Waals surface area (Å²) < 4.78 is 0. The van der Waals surface area contributed by atoms with Crippen molar-refractivity contribution in [2.75, 3.05) is 29.9 Å². The first-order valence-corrected chi connectivity index (χ1v) is 8.15. The van der Waals surface area contributed by atoms with E-state index in [0.29, 0.717) is 0 Å². The van der Waals surface area contributed by atoms with Crippen molar-refractivity contribution in [1.82, 2.24) is 5.32 Å². The van der Waals surface area contributed by atoms with Gasteiger partial charge in [-0.25, -0.2) is 0 Å². The van der Waals surface area contributed by atoms with Crippen LogP contribution in [0, 0.1) is 0 Å². The van der Waals surface area contributed by atoms with Gasteiger partial charge in [0, 0.05) is 24.5 Å². The molecule has 2 N–H and O–H groups in total. The predicted octanol–water partition coefficient (Wildman–Crippen LogP) is 2.76. The molecule has 4 nitrogen and oxygen atoms in total. The molecule has 0 bridgehead atoms. The van der Waals surface area contributed by atoms with Crippen LogP contribution in [0.4, 0.5) is 11.4 Å². The third-order valence-corrected chi connectivity index (χ3v) is 4.86. The van der Waals surface area contributed by atoms with Gasteiger partial charge in [-0.1, -0.05) is 13.0 Å². The van der Waals surface area contributed by atoms with Gasteiger partial charge in [0.15, 0.2) is 0 Å². The van der Waals surface area contributed by atoms with Crippen molar-refractivity contribution in [2.45, 2.75) is 44.6 Å². The first kappa shape index (κ1) is 14.4. The van der Waals surface area contributed by atoms with Crippen molar-refractivity contribution in [3.63, 3.8) is 0 Å². The van der Waals surface area contributed by atoms with E-state index >= 15 is 0 Å². The number of nitrogens with one attached hydrogen (secondary N) is 2. The molecule has 2 aliphatic rings. The highest BCUT2D eigenvalue weighted by Crippen LogP contribution is 2.27. The Morgan fingerprint density at radius 1 is 1.33 bits per heavy atom. The zero-order valence-electron chi connectivity index (χ0n) is 12.8. The molecule has 0 radical (unpaired) electrons. The lowest BCUT2D eigenvalue weighted by Crippen LogP contribution is -2.50. The van der Waals surface area contributed by atoms with Crippen LogP contribution in [0.3, 0.4) is 0 Å². The SMILES string of the molecule is CCC1(C(=O)Nc2cccc(N3CCCC3)c2)CCCN1. The van der Waals surface area contributed by atoms with Gasteiger partial charge in [0.1, 0.15) is 0 Å². The van der Waals surface area contributed by atoms with Gasteiger partial charge >= 0.3 is 0 Å². The van der Waals surface area contributed by atoms with Crippen molar-refractivity contribution in [1.29, 1.82) is 0 Å². The van der Waals surface area contributed by atoms with Gasteiger partial charge in [0.2, 0.25) is 5.91 Å². The van der Waals surface area contributed by atoms with Gasteiger partial charge < -0.3 is 15.5 Å². The summed E-state index contributed by atoms with van der Waals surface area (Å²) in [7, 11) is 0. The molecule has 1 aromatic carbocycles. The van der Waals surface area contributed by atoms with Gasteiger partial charge in [-0.05, 0) is 56.8 Å². The van der Waals surface area contributed by atoms with E-state index in [-0.39, 0.29) is 11.4 Å². The van der Waals surface area contributed by atoms with E-state index in [2.05, 4.69) is 34.6 Å². The molecule has 0 aliphatic carbocycles. The minimum atomic E-state index is -0.371. The van der Waals surface area contributed by atoms with E-state index in [4.69, 9.17) is 0 Å². The Labute approximate surface area is 126 Å². The molecule has 1 unspecified atom stereocenters. The summed E-state index contributed by atoms with van der Waals surface area (Å²) in [6.07, 6.45) is 5.37. The lowest BCUT2D eigenvalue weighted by atomic mass is 9.93. The molecule has 114 valence electrons. The summed E-state index contributed by atoms with van der Waals surface area (Å²) in [5.41, 5.74) is 1.75. The van der Waals surface area contributed by atoms with E-state index < -0.39 is 0 Å². The first-order valence-electron chi connectivity index (χ1n) is 8.15. The van der Waals surface area contributed by atoms with E-state index in [0.717, 1.165) is 44.6 Å². The fourth-order valence-electron chi connectivity index (χ4n) is 3.47. The quantitative estimate of drug-likeness (QED) is 0.895. The maximum absolute atomic E-state index is 12.6. The fraction of sp³-hybridized carbons (Fsp3) is 0.588. The topological polar surface area (TPSA) is 44.4 Å². The number of benzene rings is 1. The molecule has 0 saturated carbocycles. The second kappa shape index (κ2) is 6.06. The summed E-state index contributed by atoms with van der Waals surface area (Å²) in [5, 5.41) is 6.50. The van der Waals surface area contributed by atoms with E-state index in [1.807, 2.05) is 12.1 Å². The highest BCUT2D eigenvalue weighted by molar-refractivity contribution is 5.98. The average molecular weight is 287 g/mol. The molecule has 0 aromatic heterocycles. The molecule has 2 heterocycles. The number of amides is 1. The molecular weight excluding hydrogens is 262 g/mol. The highest BCUT2D eigenvalue weighted by atomic mass is 16.2. The summed E-state index contributed by atoms with van der Waals surface area (Å²) in [5.74, 6) is 0.112. The number of carbonyl (C=O) groups is 1. The Hall–Kier alpha value is -1.55. The van der Waals surface area contributed by atoms with Crippen LogP contribution in [-0.4, -0.2) is 31.1 Å². The Bertz CT molecular complexity index is 503. The molecule has 2 fully saturated rings. The van der Waals surface area contributed by atoms with Crippen LogP contribution >= 0.6 is 0 Å². The van der Waals surface area contributed by atoms with E-state index in [9.17, 15) is 4.79 Å². The predicted molar refractivity (Wildman–Crippen MR) is 86.8 cm³/mol. The molecule has 1 amide bonds. The number of carbonyl (C=O) groups excluding carboxylic acids is 1. The maximum Gasteiger partial charge on any atom is 0.244 e. The Morgan fingerprint density at radius 2 is 2.14 bits per heavy atom. The summed E-state index contributed by atoms with van der Waals surface area (Å²) in [6, 6.07) is 8.24. The number of hydrogen-bond acceptors (Lipinski definition) is 3. The van der Waals surface area contributed by atoms with E-state index in [1.54, 1.807) is 0 Å². The zero-order valence-corrected chi connectivity index (χ0v) is 12.8. The largest absolute Gasteiger partial charge is 0.371 e. The van der Waals surface area contributed by atoms with Crippen LogP contribution in [0.1, 0.15) is 39.0 Å². The van der Waals surface area contributed by atoms with Crippen molar-refractivity contribution < 1.29 is 4.79 Å². The fourth-order valence-corrected chi connectivity index (χ4v) is 3.47. The Balaban J connectivity index is 1.72. The molecule has 0 spiro atoms. The molecule has 1 atom stereocenters. The third kappa shape index (κ3) is 2.91.